The maximum Gasteiger partial charge on any atom is 0.404 e. The minimum Gasteiger partial charge on any atom is -0.393 e. The lowest BCUT2D eigenvalue weighted by atomic mass is 9.96. The molecule has 7 aliphatic rings. The Morgan fingerprint density at radius 3 is 0.890 bits per heavy atom. The molecule has 0 bridgehead atoms. The van der Waals surface area contributed by atoms with Gasteiger partial charge in [-0.3, -0.25) is 24.5 Å². The van der Waals surface area contributed by atoms with Gasteiger partial charge in [0.2, 0.25) is 0 Å². The SMILES string of the molecule is CC(C)c1ccc(CN2CCCC2C(C)(C)O)cc1.CC(C)c1ccc(CN2CCCC2C(F)(F)F)cc1.CC(C)c1ccc(CN2CCC[C@@H]2C(F)(F)F)cc1.CC(C)c1ccc(CN2CCC[C@H]2C(F)(F)F)cc1.CC(C)c1ccc(NC2CCC(O)C2)cc1.CC(C)c1ccc(NC2CCOC2C)cc1.CCN(Cc1ccc(C(C)C)cc1)C1CCOC1C. The first-order chi connectivity index (χ1) is 59.9. The monoisotopic (exact) mass is 1770 g/mol. The zero-order valence-corrected chi connectivity index (χ0v) is 80.0. The summed E-state index contributed by atoms with van der Waals surface area (Å²) in [7, 11) is 0. The Kier molecular flexibility index (Phi) is 41.6. The van der Waals surface area contributed by atoms with Gasteiger partial charge in [-0.2, -0.15) is 39.5 Å². The van der Waals surface area contributed by atoms with Gasteiger partial charge in [-0.05, 0) is 276 Å². The highest BCUT2D eigenvalue weighted by atomic mass is 19.4. The van der Waals surface area contributed by atoms with E-state index in [-0.39, 0.29) is 31.4 Å². The Bertz CT molecular complexity index is 3790. The molecule has 706 valence electrons. The molecule has 6 aliphatic heterocycles. The average molecular weight is 1780 g/mol. The molecule has 20 heteroatoms. The molecule has 0 aromatic heterocycles. The highest BCUT2D eigenvalue weighted by Crippen LogP contribution is 2.39. The van der Waals surface area contributed by atoms with Gasteiger partial charge in [-0.15, -0.1) is 0 Å². The molecule has 1 saturated carbocycles. The topological polar surface area (TPSA) is 99.2 Å². The fraction of sp³-hybridized carbons (Fsp3) is 0.607. The number of benzene rings is 7. The van der Waals surface area contributed by atoms with E-state index >= 15 is 0 Å². The van der Waals surface area contributed by atoms with E-state index in [0.717, 1.165) is 88.2 Å². The number of aliphatic hydroxyl groups excluding tert-OH is 1. The molecule has 6 heterocycles. The molecule has 1 aliphatic carbocycles. The number of nitrogens with zero attached hydrogens (tertiary/aromatic N) is 5. The molecule has 7 fully saturated rings. The van der Waals surface area contributed by atoms with E-state index in [0.29, 0.717) is 130 Å². The van der Waals surface area contributed by atoms with Gasteiger partial charge in [0.25, 0.3) is 0 Å². The lowest BCUT2D eigenvalue weighted by Gasteiger charge is -2.33. The van der Waals surface area contributed by atoms with Gasteiger partial charge in [0, 0.05) is 75.4 Å². The maximum absolute atomic E-state index is 12.8. The van der Waals surface area contributed by atoms with Crippen molar-refractivity contribution in [3.05, 3.63) is 237 Å². The summed E-state index contributed by atoms with van der Waals surface area (Å²) < 4.78 is 127. The van der Waals surface area contributed by atoms with Crippen molar-refractivity contribution in [1.29, 1.82) is 0 Å². The van der Waals surface area contributed by atoms with Crippen molar-refractivity contribution in [3.8, 4) is 0 Å². The second-order valence-electron chi connectivity index (χ2n) is 39.2. The van der Waals surface area contributed by atoms with Crippen LogP contribution in [0.25, 0.3) is 0 Å². The molecule has 0 amide bonds. The Balaban J connectivity index is 0.000000183. The van der Waals surface area contributed by atoms with Crippen molar-refractivity contribution in [2.45, 2.75) is 374 Å². The summed E-state index contributed by atoms with van der Waals surface area (Å²) in [5, 5.41) is 26.7. The Morgan fingerprint density at radius 1 is 0.362 bits per heavy atom. The highest BCUT2D eigenvalue weighted by Gasteiger charge is 2.48. The van der Waals surface area contributed by atoms with Crippen LogP contribution in [0.3, 0.4) is 0 Å². The number of nitrogens with one attached hydrogen (secondary N) is 2. The molecular weight excluding hydrogens is 1620 g/mol. The number of alkyl halides is 9. The van der Waals surface area contributed by atoms with Gasteiger partial charge in [0.05, 0.1) is 30.0 Å². The first-order valence-electron chi connectivity index (χ1n) is 47.6. The molecule has 0 radical (unpaired) electrons. The Labute approximate surface area is 758 Å². The van der Waals surface area contributed by atoms with Gasteiger partial charge in [0.15, 0.2) is 0 Å². The molecule has 11 nitrogen and oxygen atoms in total. The first-order valence-corrected chi connectivity index (χ1v) is 47.6. The fourth-order valence-electron chi connectivity index (χ4n) is 18.2. The highest BCUT2D eigenvalue weighted by molar-refractivity contribution is 5.47. The van der Waals surface area contributed by atoms with Gasteiger partial charge in [0.1, 0.15) is 18.1 Å². The van der Waals surface area contributed by atoms with E-state index in [1.165, 1.54) is 74.3 Å². The number of likely N-dealkylation sites (N-methyl/N-ethyl adjacent to an activating group) is 1. The van der Waals surface area contributed by atoms with Crippen LogP contribution in [0.15, 0.2) is 170 Å². The summed E-state index contributed by atoms with van der Waals surface area (Å²) in [6.45, 7) is 49.6. The van der Waals surface area contributed by atoms with Crippen LogP contribution in [0.4, 0.5) is 50.9 Å². The van der Waals surface area contributed by atoms with Crippen LogP contribution in [0.5, 0.6) is 0 Å². The van der Waals surface area contributed by atoms with Gasteiger partial charge >= 0.3 is 18.5 Å². The standard InChI is InChI=1S/2C17H27NO.3C15H20F3N.2C14H21NO/c1-13(2)15-9-7-14(8-10-15)12-18-11-5-6-16(18)17(3,4)19;1-5-18(17-10-11-19-14(17)4)12-15-6-8-16(9-7-15)13(2)3;3*1-11(2)13-7-5-12(6-8-13)10-19-9-3-4-14(19)15(16,17)18;1-10(2)12-4-6-13(7-5-12)15-14-8-9-16-11(14)3;1-10(2)11-3-5-12(6-4-11)15-13-7-8-14(16)9-13/h7-10,13,16,19H,5-6,11-12H2,1-4H3;6-9,13-14,17H,5,10-12H2,1-4H3;3*5-8,11,14H,3-4,9-10H2,1-2H3;4-7,10-11,14-15H,8-9H2,1-3H3;3-6,10,13-16H,7-9H2,1-2H3/t;;2*14-;;;/m..10.../s1. The van der Waals surface area contributed by atoms with Gasteiger partial charge in [-0.1, -0.05) is 249 Å². The summed E-state index contributed by atoms with van der Waals surface area (Å²) in [5.74, 6) is 3.73. The number of likely N-dealkylation sites (tertiary alicyclic amines) is 4. The summed E-state index contributed by atoms with van der Waals surface area (Å²) in [6.07, 6.45) is -1.67. The lowest BCUT2D eigenvalue weighted by molar-refractivity contribution is -0.177. The average Bonchev–Trinajstić information content (AvgIpc) is 1.70. The van der Waals surface area contributed by atoms with Crippen molar-refractivity contribution in [1.82, 2.24) is 24.5 Å². The fourth-order valence-corrected chi connectivity index (χ4v) is 18.2. The van der Waals surface area contributed by atoms with Crippen LogP contribution < -0.4 is 10.6 Å². The van der Waals surface area contributed by atoms with E-state index in [1.807, 2.05) is 86.6 Å². The summed E-state index contributed by atoms with van der Waals surface area (Å²) >= 11 is 0. The van der Waals surface area contributed by atoms with E-state index in [4.69, 9.17) is 9.47 Å². The normalized spacial score (nSPS) is 22.5. The van der Waals surface area contributed by atoms with E-state index in [9.17, 15) is 49.7 Å². The Hall–Kier alpha value is -6.85. The van der Waals surface area contributed by atoms with Crippen molar-refractivity contribution in [3.63, 3.8) is 0 Å². The molecular formula is C107H156F9N7O4. The van der Waals surface area contributed by atoms with Gasteiger partial charge in [-0.25, -0.2) is 0 Å². The number of anilines is 2. The predicted molar refractivity (Wildman–Crippen MR) is 507 cm³/mol. The van der Waals surface area contributed by atoms with Crippen LogP contribution in [0, 0.1) is 0 Å². The van der Waals surface area contributed by atoms with Crippen molar-refractivity contribution < 1.29 is 59.2 Å². The number of hydrogen-bond donors (Lipinski definition) is 4. The third kappa shape index (κ3) is 34.4. The number of hydrogen-bond acceptors (Lipinski definition) is 11. The van der Waals surface area contributed by atoms with Crippen LogP contribution in [-0.4, -0.2) is 165 Å². The third-order valence-corrected chi connectivity index (χ3v) is 26.4. The number of halogens is 9. The summed E-state index contributed by atoms with van der Waals surface area (Å²) in [5.41, 5.74) is 16.6. The first kappa shape index (κ1) is 106. The van der Waals surface area contributed by atoms with E-state index < -0.39 is 42.3 Å². The Morgan fingerprint density at radius 2 is 0.638 bits per heavy atom. The molecule has 10 atom stereocenters. The quantitative estimate of drug-likeness (QED) is 0.0436. The third-order valence-electron chi connectivity index (χ3n) is 26.4. The van der Waals surface area contributed by atoms with Crippen molar-refractivity contribution in [2.75, 3.05) is 56.6 Å². The molecule has 4 N–H and O–H groups in total. The zero-order valence-electron chi connectivity index (χ0n) is 80.0. The number of aliphatic hydroxyl groups is 2. The van der Waals surface area contributed by atoms with Crippen LogP contribution in [0.1, 0.15) is 323 Å². The molecule has 6 saturated heterocycles. The molecule has 127 heavy (non-hydrogen) atoms. The molecule has 14 rings (SSSR count). The zero-order chi connectivity index (χ0) is 93.1. The van der Waals surface area contributed by atoms with Crippen LogP contribution in [-0.2, 0) is 42.2 Å². The van der Waals surface area contributed by atoms with E-state index in [1.54, 1.807) is 14.7 Å². The van der Waals surface area contributed by atoms with Crippen molar-refractivity contribution in [2.24, 2.45) is 0 Å². The van der Waals surface area contributed by atoms with Gasteiger partial charge < -0.3 is 30.3 Å². The van der Waals surface area contributed by atoms with Crippen molar-refractivity contribution >= 4 is 11.4 Å². The van der Waals surface area contributed by atoms with Crippen LogP contribution in [0.2, 0.25) is 0 Å². The minimum absolute atomic E-state index is 0.104. The lowest BCUT2D eigenvalue weighted by Crippen LogP contribution is -2.45. The second-order valence-corrected chi connectivity index (χ2v) is 39.2. The largest absolute Gasteiger partial charge is 0.404 e. The second kappa shape index (κ2) is 50.1. The van der Waals surface area contributed by atoms with Crippen LogP contribution >= 0.6 is 0 Å². The predicted octanol–water partition coefficient (Wildman–Crippen LogP) is 26.9. The maximum atomic E-state index is 12.8. The molecule has 0 spiro atoms. The number of rotatable bonds is 24. The molecule has 7 aromatic rings. The minimum atomic E-state index is -4.10. The summed E-state index contributed by atoms with van der Waals surface area (Å²) in [4.78, 5) is 9.60. The molecule has 7 aromatic carbocycles. The smallest absolute Gasteiger partial charge is 0.393 e. The van der Waals surface area contributed by atoms with E-state index in [2.05, 4.69) is 235 Å². The summed E-state index contributed by atoms with van der Waals surface area (Å²) in [6, 6.07) is 57.1. The number of ether oxygens (including phenoxy) is 2. The molecule has 8 unspecified atom stereocenters.